The SMILES string of the molecule is CCNc1cc([N+](=O)[O-])cc(N2CCCC(C)(OC)C2)n1. The zero-order valence-electron chi connectivity index (χ0n) is 12.8. The number of methoxy groups -OCH3 is 1. The zero-order chi connectivity index (χ0) is 15.5. The first-order valence-electron chi connectivity index (χ1n) is 7.18. The first kappa shape index (κ1) is 15.5. The van der Waals surface area contributed by atoms with Gasteiger partial charge in [-0.2, -0.15) is 0 Å². The topological polar surface area (TPSA) is 80.5 Å². The van der Waals surface area contributed by atoms with Crippen molar-refractivity contribution < 1.29 is 9.66 Å². The predicted octanol–water partition coefficient (Wildman–Crippen LogP) is 2.43. The smallest absolute Gasteiger partial charge is 0.276 e. The van der Waals surface area contributed by atoms with E-state index in [1.807, 2.05) is 6.92 Å². The van der Waals surface area contributed by atoms with E-state index in [1.165, 1.54) is 12.1 Å². The summed E-state index contributed by atoms with van der Waals surface area (Å²) in [4.78, 5) is 17.2. The Hall–Kier alpha value is -1.89. The van der Waals surface area contributed by atoms with E-state index in [2.05, 4.69) is 22.1 Å². The Morgan fingerprint density at radius 2 is 2.33 bits per heavy atom. The quantitative estimate of drug-likeness (QED) is 0.663. The standard InChI is InChI=1S/C14H22N4O3/c1-4-15-12-8-11(18(19)20)9-13(16-12)17-7-5-6-14(2,10-17)21-3/h8-9H,4-7,10H2,1-3H3,(H,15,16). The molecule has 2 heterocycles. The summed E-state index contributed by atoms with van der Waals surface area (Å²) in [6.07, 6.45) is 1.96. The number of ether oxygens (including phenoxy) is 1. The highest BCUT2D eigenvalue weighted by atomic mass is 16.6. The molecule has 1 fully saturated rings. The van der Waals surface area contributed by atoms with Crippen molar-refractivity contribution >= 4 is 17.3 Å². The van der Waals surface area contributed by atoms with E-state index in [0.717, 1.165) is 19.4 Å². The van der Waals surface area contributed by atoms with Gasteiger partial charge in [0.05, 0.1) is 22.7 Å². The third-order valence-electron chi connectivity index (χ3n) is 3.84. The Balaban J connectivity index is 2.31. The van der Waals surface area contributed by atoms with Gasteiger partial charge in [-0.3, -0.25) is 10.1 Å². The summed E-state index contributed by atoms with van der Waals surface area (Å²) < 4.78 is 5.57. The molecule has 0 spiro atoms. The monoisotopic (exact) mass is 294 g/mol. The van der Waals surface area contributed by atoms with E-state index in [1.54, 1.807) is 7.11 Å². The van der Waals surface area contributed by atoms with E-state index in [9.17, 15) is 10.1 Å². The number of nitrogens with zero attached hydrogens (tertiary/aromatic N) is 3. The first-order valence-corrected chi connectivity index (χ1v) is 7.18. The fourth-order valence-corrected chi connectivity index (χ4v) is 2.61. The summed E-state index contributed by atoms with van der Waals surface area (Å²) >= 11 is 0. The molecule has 1 aliphatic heterocycles. The van der Waals surface area contributed by atoms with Crippen LogP contribution in [0.25, 0.3) is 0 Å². The van der Waals surface area contributed by atoms with Crippen LogP contribution in [0.1, 0.15) is 26.7 Å². The van der Waals surface area contributed by atoms with Crippen molar-refractivity contribution in [3.63, 3.8) is 0 Å². The summed E-state index contributed by atoms with van der Waals surface area (Å²) in [5.41, 5.74) is -0.177. The van der Waals surface area contributed by atoms with Crippen molar-refractivity contribution in [3.05, 3.63) is 22.2 Å². The number of pyridine rings is 1. The van der Waals surface area contributed by atoms with E-state index < -0.39 is 0 Å². The second-order valence-corrected chi connectivity index (χ2v) is 5.54. The highest BCUT2D eigenvalue weighted by Gasteiger charge is 2.32. The average molecular weight is 294 g/mol. The summed E-state index contributed by atoms with van der Waals surface area (Å²) in [5, 5.41) is 14.1. The van der Waals surface area contributed by atoms with E-state index in [4.69, 9.17) is 4.74 Å². The van der Waals surface area contributed by atoms with Gasteiger partial charge in [0.25, 0.3) is 5.69 Å². The van der Waals surface area contributed by atoms with Crippen molar-refractivity contribution in [3.8, 4) is 0 Å². The number of hydrogen-bond donors (Lipinski definition) is 1. The Labute approximate surface area is 124 Å². The zero-order valence-corrected chi connectivity index (χ0v) is 12.8. The number of anilines is 2. The molecular formula is C14H22N4O3. The Morgan fingerprint density at radius 1 is 1.57 bits per heavy atom. The van der Waals surface area contributed by atoms with Gasteiger partial charge >= 0.3 is 0 Å². The minimum absolute atomic E-state index is 0.0562. The third-order valence-corrected chi connectivity index (χ3v) is 3.84. The molecule has 2 rings (SSSR count). The number of hydrogen-bond acceptors (Lipinski definition) is 6. The van der Waals surface area contributed by atoms with Gasteiger partial charge in [0.1, 0.15) is 11.6 Å². The molecule has 1 unspecified atom stereocenters. The lowest BCUT2D eigenvalue weighted by Crippen LogP contribution is -2.47. The molecule has 0 amide bonds. The summed E-state index contributed by atoms with van der Waals surface area (Å²) in [6, 6.07) is 2.99. The minimum Gasteiger partial charge on any atom is -0.377 e. The first-order chi connectivity index (χ1) is 9.97. The molecule has 0 saturated carbocycles. The van der Waals surface area contributed by atoms with Crippen molar-refractivity contribution in [1.82, 2.24) is 4.98 Å². The van der Waals surface area contributed by atoms with Crippen LogP contribution in [0.3, 0.4) is 0 Å². The molecule has 1 N–H and O–H groups in total. The van der Waals surface area contributed by atoms with Crippen LogP contribution in [0, 0.1) is 10.1 Å². The van der Waals surface area contributed by atoms with Crippen LogP contribution in [-0.4, -0.2) is 42.3 Å². The molecule has 0 aliphatic carbocycles. The molecule has 0 bridgehead atoms. The average Bonchev–Trinajstić information content (AvgIpc) is 2.47. The van der Waals surface area contributed by atoms with Crippen molar-refractivity contribution in [2.75, 3.05) is 37.0 Å². The van der Waals surface area contributed by atoms with Crippen molar-refractivity contribution in [2.24, 2.45) is 0 Å². The minimum atomic E-state index is -0.383. The van der Waals surface area contributed by atoms with E-state index in [-0.39, 0.29) is 16.2 Å². The van der Waals surface area contributed by atoms with Crippen LogP contribution in [0.15, 0.2) is 12.1 Å². The van der Waals surface area contributed by atoms with E-state index >= 15 is 0 Å². The number of nitro groups is 1. The van der Waals surface area contributed by atoms with Crippen LogP contribution in [-0.2, 0) is 4.74 Å². The Kier molecular flexibility index (Phi) is 4.62. The van der Waals surface area contributed by atoms with Gasteiger partial charge < -0.3 is 15.0 Å². The molecule has 1 aliphatic rings. The maximum atomic E-state index is 11.1. The summed E-state index contributed by atoms with van der Waals surface area (Å²) in [7, 11) is 1.70. The van der Waals surface area contributed by atoms with Crippen molar-refractivity contribution in [1.29, 1.82) is 0 Å². The van der Waals surface area contributed by atoms with Crippen LogP contribution < -0.4 is 10.2 Å². The summed E-state index contributed by atoms with van der Waals surface area (Å²) in [6.45, 7) is 6.18. The maximum Gasteiger partial charge on any atom is 0.276 e. The molecule has 1 atom stereocenters. The fraction of sp³-hybridized carbons (Fsp3) is 0.643. The molecule has 7 heteroatoms. The van der Waals surface area contributed by atoms with Gasteiger partial charge in [0.15, 0.2) is 0 Å². The van der Waals surface area contributed by atoms with Gasteiger partial charge in [-0.1, -0.05) is 0 Å². The third kappa shape index (κ3) is 3.60. The Morgan fingerprint density at radius 3 is 2.95 bits per heavy atom. The lowest BCUT2D eigenvalue weighted by Gasteiger charge is -2.40. The van der Waals surface area contributed by atoms with Gasteiger partial charge in [0, 0.05) is 26.7 Å². The number of rotatable bonds is 5. The van der Waals surface area contributed by atoms with Crippen LogP contribution >= 0.6 is 0 Å². The lowest BCUT2D eigenvalue weighted by atomic mass is 9.95. The second-order valence-electron chi connectivity index (χ2n) is 5.54. The van der Waals surface area contributed by atoms with Crippen LogP contribution in [0.2, 0.25) is 0 Å². The summed E-state index contributed by atoms with van der Waals surface area (Å²) in [5.74, 6) is 1.16. The van der Waals surface area contributed by atoms with Gasteiger partial charge in [0.2, 0.25) is 0 Å². The molecule has 7 nitrogen and oxygen atoms in total. The largest absolute Gasteiger partial charge is 0.377 e. The fourth-order valence-electron chi connectivity index (χ4n) is 2.61. The maximum absolute atomic E-state index is 11.1. The van der Waals surface area contributed by atoms with Gasteiger partial charge in [-0.15, -0.1) is 0 Å². The molecule has 116 valence electrons. The van der Waals surface area contributed by atoms with Crippen LogP contribution in [0.4, 0.5) is 17.3 Å². The molecule has 1 aromatic rings. The van der Waals surface area contributed by atoms with E-state index in [0.29, 0.717) is 24.7 Å². The van der Waals surface area contributed by atoms with Gasteiger partial charge in [-0.05, 0) is 26.7 Å². The molecule has 21 heavy (non-hydrogen) atoms. The molecule has 1 saturated heterocycles. The number of nitrogens with one attached hydrogen (secondary N) is 1. The molecule has 0 aromatic carbocycles. The normalized spacial score (nSPS) is 22.1. The highest BCUT2D eigenvalue weighted by molar-refractivity contribution is 5.56. The van der Waals surface area contributed by atoms with Crippen LogP contribution in [0.5, 0.6) is 0 Å². The number of piperidine rings is 1. The molecule has 0 radical (unpaired) electrons. The highest BCUT2D eigenvalue weighted by Crippen LogP contribution is 2.30. The van der Waals surface area contributed by atoms with Crippen molar-refractivity contribution in [2.45, 2.75) is 32.3 Å². The lowest BCUT2D eigenvalue weighted by molar-refractivity contribution is -0.384. The molecule has 1 aromatic heterocycles. The Bertz CT molecular complexity index is 523. The second kappa shape index (κ2) is 6.26. The number of aromatic nitrogens is 1. The predicted molar refractivity (Wildman–Crippen MR) is 81.9 cm³/mol. The van der Waals surface area contributed by atoms with Gasteiger partial charge in [-0.25, -0.2) is 4.98 Å². The molecular weight excluding hydrogens is 272 g/mol.